The number of carbonyl (C=O) groups is 1. The molecule has 2 N–H and O–H groups in total. The lowest BCUT2D eigenvalue weighted by Crippen LogP contribution is -2.48. The Labute approximate surface area is 161 Å². The predicted octanol–water partition coefficient (Wildman–Crippen LogP) is 3.96. The smallest absolute Gasteiger partial charge is 0.407 e. The maximum absolute atomic E-state index is 13.4. The molecular formula is C19H18ClFN4O2. The molecular weight excluding hydrogens is 371 g/mol. The SMILES string of the molecule is N#CC(Nc1ccc(F)c(Cl)c1)c1ccccc1N1CCN(C(=O)O)CC1. The third-order valence-electron chi connectivity index (χ3n) is 4.50. The first-order chi connectivity index (χ1) is 13.0. The van der Waals surface area contributed by atoms with Crippen molar-refractivity contribution < 1.29 is 14.3 Å². The molecule has 3 rings (SSSR count). The first-order valence-corrected chi connectivity index (χ1v) is 8.80. The summed E-state index contributed by atoms with van der Waals surface area (Å²) < 4.78 is 13.4. The molecule has 1 unspecified atom stereocenters. The average molecular weight is 389 g/mol. The van der Waals surface area contributed by atoms with Crippen molar-refractivity contribution >= 4 is 29.1 Å². The van der Waals surface area contributed by atoms with E-state index in [1.807, 2.05) is 24.3 Å². The number of para-hydroxylation sites is 1. The van der Waals surface area contributed by atoms with Crippen LogP contribution in [0.4, 0.5) is 20.6 Å². The van der Waals surface area contributed by atoms with Crippen molar-refractivity contribution in [2.75, 3.05) is 36.4 Å². The van der Waals surface area contributed by atoms with Crippen molar-refractivity contribution in [1.82, 2.24) is 4.90 Å². The maximum atomic E-state index is 13.4. The molecule has 1 heterocycles. The lowest BCUT2D eigenvalue weighted by Gasteiger charge is -2.36. The van der Waals surface area contributed by atoms with Gasteiger partial charge in [-0.05, 0) is 24.3 Å². The Hall–Kier alpha value is -2.98. The van der Waals surface area contributed by atoms with E-state index in [2.05, 4.69) is 16.3 Å². The van der Waals surface area contributed by atoms with Crippen molar-refractivity contribution in [2.45, 2.75) is 6.04 Å². The summed E-state index contributed by atoms with van der Waals surface area (Å²) in [6.45, 7) is 1.90. The molecule has 0 saturated carbocycles. The Kier molecular flexibility index (Phi) is 5.67. The molecule has 2 aromatic rings. The lowest BCUT2D eigenvalue weighted by molar-refractivity contribution is 0.142. The van der Waals surface area contributed by atoms with Gasteiger partial charge in [0.2, 0.25) is 0 Å². The topological polar surface area (TPSA) is 79.6 Å². The Morgan fingerprint density at radius 2 is 1.93 bits per heavy atom. The average Bonchev–Trinajstić information content (AvgIpc) is 2.69. The summed E-state index contributed by atoms with van der Waals surface area (Å²) >= 11 is 5.82. The van der Waals surface area contributed by atoms with E-state index >= 15 is 0 Å². The van der Waals surface area contributed by atoms with Gasteiger partial charge in [0.25, 0.3) is 0 Å². The van der Waals surface area contributed by atoms with Crippen LogP contribution in [0.2, 0.25) is 5.02 Å². The number of nitriles is 1. The normalized spacial score (nSPS) is 15.1. The van der Waals surface area contributed by atoms with E-state index in [0.717, 1.165) is 11.3 Å². The van der Waals surface area contributed by atoms with Crippen LogP contribution in [0.3, 0.4) is 0 Å². The van der Waals surface area contributed by atoms with Crippen molar-refractivity contribution in [1.29, 1.82) is 5.26 Å². The number of rotatable bonds is 4. The van der Waals surface area contributed by atoms with E-state index in [1.54, 1.807) is 0 Å². The van der Waals surface area contributed by atoms with Gasteiger partial charge in [-0.25, -0.2) is 9.18 Å². The zero-order valence-electron chi connectivity index (χ0n) is 14.4. The highest BCUT2D eigenvalue weighted by Crippen LogP contribution is 2.30. The van der Waals surface area contributed by atoms with Gasteiger partial charge in [0.05, 0.1) is 11.1 Å². The minimum Gasteiger partial charge on any atom is -0.465 e. The van der Waals surface area contributed by atoms with Crippen LogP contribution in [0.5, 0.6) is 0 Å². The highest BCUT2D eigenvalue weighted by molar-refractivity contribution is 6.31. The van der Waals surface area contributed by atoms with Gasteiger partial charge in [0.15, 0.2) is 0 Å². The van der Waals surface area contributed by atoms with Crippen LogP contribution in [0.15, 0.2) is 42.5 Å². The number of benzene rings is 2. The third kappa shape index (κ3) is 4.23. The second kappa shape index (κ2) is 8.14. The number of hydrogen-bond acceptors (Lipinski definition) is 4. The zero-order valence-corrected chi connectivity index (χ0v) is 15.2. The zero-order chi connectivity index (χ0) is 19.4. The number of piperazine rings is 1. The summed E-state index contributed by atoms with van der Waals surface area (Å²) in [6.07, 6.45) is -0.923. The molecule has 1 fully saturated rings. The third-order valence-corrected chi connectivity index (χ3v) is 4.79. The Bertz CT molecular complexity index is 878. The van der Waals surface area contributed by atoms with E-state index in [4.69, 9.17) is 16.7 Å². The number of anilines is 2. The van der Waals surface area contributed by atoms with Crippen LogP contribution >= 0.6 is 11.6 Å². The van der Waals surface area contributed by atoms with Crippen LogP contribution in [0.25, 0.3) is 0 Å². The summed E-state index contributed by atoms with van der Waals surface area (Å²) in [5, 5.41) is 21.8. The highest BCUT2D eigenvalue weighted by atomic mass is 35.5. The maximum Gasteiger partial charge on any atom is 0.407 e. The van der Waals surface area contributed by atoms with Gasteiger partial charge in [-0.3, -0.25) is 0 Å². The van der Waals surface area contributed by atoms with Gasteiger partial charge in [0, 0.05) is 43.1 Å². The van der Waals surface area contributed by atoms with Gasteiger partial charge in [-0.15, -0.1) is 0 Å². The molecule has 8 heteroatoms. The minimum absolute atomic E-state index is 0.0187. The first kappa shape index (κ1) is 18.8. The molecule has 1 atom stereocenters. The summed E-state index contributed by atoms with van der Waals surface area (Å²) in [5.74, 6) is -0.521. The molecule has 1 aliphatic rings. The van der Waals surface area contributed by atoms with Crippen LogP contribution in [0, 0.1) is 17.1 Å². The molecule has 0 aliphatic carbocycles. The van der Waals surface area contributed by atoms with Gasteiger partial charge in [0.1, 0.15) is 11.9 Å². The van der Waals surface area contributed by atoms with Crippen molar-refractivity contribution in [2.24, 2.45) is 0 Å². The molecule has 27 heavy (non-hydrogen) atoms. The predicted molar refractivity (Wildman–Crippen MR) is 102 cm³/mol. The molecule has 1 saturated heterocycles. The van der Waals surface area contributed by atoms with Crippen LogP contribution in [-0.2, 0) is 0 Å². The van der Waals surface area contributed by atoms with Gasteiger partial charge in [-0.2, -0.15) is 5.26 Å². The van der Waals surface area contributed by atoms with Crippen molar-refractivity contribution in [3.8, 4) is 6.07 Å². The van der Waals surface area contributed by atoms with Crippen LogP contribution in [0.1, 0.15) is 11.6 Å². The summed E-state index contributed by atoms with van der Waals surface area (Å²) in [6, 6.07) is 13.3. The van der Waals surface area contributed by atoms with Crippen molar-refractivity contribution in [3.05, 3.63) is 58.9 Å². The molecule has 0 radical (unpaired) electrons. The standard InChI is InChI=1S/C19H18ClFN4O2/c20-15-11-13(5-6-16(15)21)23-17(12-22)14-3-1-2-4-18(14)24-7-9-25(10-8-24)19(26)27/h1-6,11,17,23H,7-10H2,(H,26,27). The number of amides is 1. The second-order valence-electron chi connectivity index (χ2n) is 6.15. The van der Waals surface area contributed by atoms with Crippen LogP contribution < -0.4 is 10.2 Å². The lowest BCUT2D eigenvalue weighted by atomic mass is 10.0. The van der Waals surface area contributed by atoms with Gasteiger partial charge >= 0.3 is 6.09 Å². The number of hydrogen-bond donors (Lipinski definition) is 2. The molecule has 2 aromatic carbocycles. The van der Waals surface area contributed by atoms with E-state index in [1.165, 1.54) is 23.1 Å². The largest absolute Gasteiger partial charge is 0.465 e. The molecule has 1 aliphatic heterocycles. The van der Waals surface area contributed by atoms with Gasteiger partial charge < -0.3 is 20.2 Å². The fourth-order valence-electron chi connectivity index (χ4n) is 3.09. The number of nitrogens with zero attached hydrogens (tertiary/aromatic N) is 3. The molecule has 1 amide bonds. The summed E-state index contributed by atoms with van der Waals surface area (Å²) in [5.41, 5.74) is 2.18. The van der Waals surface area contributed by atoms with Crippen LogP contribution in [-0.4, -0.2) is 42.3 Å². The number of carboxylic acid groups (broad SMARTS) is 1. The van der Waals surface area contributed by atoms with E-state index < -0.39 is 18.0 Å². The highest BCUT2D eigenvalue weighted by Gasteiger charge is 2.24. The molecule has 6 nitrogen and oxygen atoms in total. The number of nitrogens with one attached hydrogen (secondary N) is 1. The van der Waals surface area contributed by atoms with Gasteiger partial charge in [-0.1, -0.05) is 29.8 Å². The van der Waals surface area contributed by atoms with E-state index in [0.29, 0.717) is 31.9 Å². The Morgan fingerprint density at radius 1 is 1.22 bits per heavy atom. The summed E-state index contributed by atoms with van der Waals surface area (Å²) in [4.78, 5) is 14.5. The van der Waals surface area contributed by atoms with E-state index in [9.17, 15) is 14.4 Å². The number of halogens is 2. The Morgan fingerprint density at radius 3 is 2.56 bits per heavy atom. The monoisotopic (exact) mass is 388 g/mol. The fourth-order valence-corrected chi connectivity index (χ4v) is 3.27. The molecule has 0 spiro atoms. The fraction of sp³-hybridized carbons (Fsp3) is 0.263. The Balaban J connectivity index is 1.82. The van der Waals surface area contributed by atoms with E-state index in [-0.39, 0.29) is 5.02 Å². The minimum atomic E-state index is -0.923. The first-order valence-electron chi connectivity index (χ1n) is 8.42. The quantitative estimate of drug-likeness (QED) is 0.828. The van der Waals surface area contributed by atoms with Crippen molar-refractivity contribution in [3.63, 3.8) is 0 Å². The summed E-state index contributed by atoms with van der Waals surface area (Å²) in [7, 11) is 0. The molecule has 0 aromatic heterocycles. The second-order valence-corrected chi connectivity index (χ2v) is 6.56. The molecule has 140 valence electrons. The molecule has 0 bridgehead atoms.